The molecule has 0 fully saturated rings. The van der Waals surface area contributed by atoms with E-state index in [1.807, 2.05) is 0 Å². The van der Waals surface area contributed by atoms with E-state index in [1.165, 1.54) is 0 Å². The first-order valence-corrected chi connectivity index (χ1v) is 6.66. The van der Waals surface area contributed by atoms with Gasteiger partial charge in [0.15, 0.2) is 11.2 Å². The third kappa shape index (κ3) is 4.72. The number of halogens is 7. The van der Waals surface area contributed by atoms with E-state index in [-0.39, 0.29) is 0 Å². The Balaban J connectivity index is 4.69. The second-order valence-electron chi connectivity index (χ2n) is 4.41. The molecule has 0 rings (SSSR count). The van der Waals surface area contributed by atoms with Gasteiger partial charge in [-0.15, -0.1) is 0 Å². The summed E-state index contributed by atoms with van der Waals surface area (Å²) < 4.78 is 83.1. The quantitative estimate of drug-likeness (QED) is 0.526. The SMILES string of the molecule is CC(C)(OP(Cl)OC(C)(C)C(F)(F)F)C(F)(F)F. The summed E-state index contributed by atoms with van der Waals surface area (Å²) in [7, 11) is -2.85. The molecule has 0 aromatic heterocycles. The van der Waals surface area contributed by atoms with Gasteiger partial charge in [-0.05, 0) is 38.9 Å². The Morgan fingerprint density at radius 3 is 1.11 bits per heavy atom. The zero-order valence-electron chi connectivity index (χ0n) is 9.91. The molecule has 0 atom stereocenters. The van der Waals surface area contributed by atoms with E-state index in [9.17, 15) is 26.3 Å². The first-order chi connectivity index (χ1) is 7.60. The van der Waals surface area contributed by atoms with Gasteiger partial charge < -0.3 is 9.05 Å². The summed E-state index contributed by atoms with van der Waals surface area (Å²) in [6.45, 7) is 2.59. The molecule has 0 bridgehead atoms. The highest BCUT2D eigenvalue weighted by atomic mass is 35.7. The minimum atomic E-state index is -4.77. The lowest BCUT2D eigenvalue weighted by Gasteiger charge is -2.33. The van der Waals surface area contributed by atoms with Gasteiger partial charge in [-0.1, -0.05) is 0 Å². The maximum atomic E-state index is 12.4. The summed E-state index contributed by atoms with van der Waals surface area (Å²) in [6, 6.07) is 0. The van der Waals surface area contributed by atoms with Gasteiger partial charge in [0, 0.05) is 0 Å². The Hall–Kier alpha value is 0.220. The molecular weight excluding hydrogens is 309 g/mol. The molecule has 0 aliphatic rings. The number of rotatable bonds is 4. The zero-order valence-corrected chi connectivity index (χ0v) is 11.6. The van der Waals surface area contributed by atoms with Crippen LogP contribution in [0.25, 0.3) is 0 Å². The summed E-state index contributed by atoms with van der Waals surface area (Å²) in [6.07, 6.45) is -9.54. The predicted octanol–water partition coefficient (Wildman–Crippen LogP) is 5.17. The first kappa shape index (κ1) is 18.2. The molecule has 2 nitrogen and oxygen atoms in total. The van der Waals surface area contributed by atoms with E-state index < -0.39 is 31.3 Å². The van der Waals surface area contributed by atoms with Crippen molar-refractivity contribution in [2.24, 2.45) is 0 Å². The standard InChI is InChI=1S/C8H12ClF6O2P/c1-5(2,7(10,11)12)16-18(9)17-6(3,4)8(13,14)15/h1-4H3. The molecule has 0 N–H and O–H groups in total. The van der Waals surface area contributed by atoms with Crippen molar-refractivity contribution in [1.82, 2.24) is 0 Å². The largest absolute Gasteiger partial charge is 0.417 e. The molecule has 0 spiro atoms. The smallest absolute Gasteiger partial charge is 0.306 e. The van der Waals surface area contributed by atoms with Gasteiger partial charge in [0.2, 0.25) is 0 Å². The first-order valence-electron chi connectivity index (χ1n) is 4.58. The van der Waals surface area contributed by atoms with E-state index in [2.05, 4.69) is 9.05 Å². The monoisotopic (exact) mass is 320 g/mol. The van der Waals surface area contributed by atoms with Crippen LogP contribution in [-0.2, 0) is 9.05 Å². The zero-order chi connectivity index (χ0) is 15.0. The van der Waals surface area contributed by atoms with Crippen molar-refractivity contribution in [1.29, 1.82) is 0 Å². The molecule has 0 aromatic carbocycles. The number of hydrogen-bond donors (Lipinski definition) is 0. The Bertz CT molecular complexity index is 260. The molecule has 18 heavy (non-hydrogen) atoms. The highest BCUT2D eigenvalue weighted by Gasteiger charge is 2.54. The van der Waals surface area contributed by atoms with Crippen molar-refractivity contribution in [3.8, 4) is 0 Å². The van der Waals surface area contributed by atoms with Crippen molar-refractivity contribution in [3.05, 3.63) is 0 Å². The lowest BCUT2D eigenvalue weighted by molar-refractivity contribution is -0.248. The maximum Gasteiger partial charge on any atom is 0.417 e. The van der Waals surface area contributed by atoms with Crippen LogP contribution in [0.3, 0.4) is 0 Å². The van der Waals surface area contributed by atoms with Crippen LogP contribution in [0.2, 0.25) is 0 Å². The van der Waals surface area contributed by atoms with Crippen LogP contribution in [0.5, 0.6) is 0 Å². The lowest BCUT2D eigenvalue weighted by Crippen LogP contribution is -2.43. The summed E-state index contributed by atoms with van der Waals surface area (Å²) in [5.74, 6) is 0. The fraction of sp³-hybridized carbons (Fsp3) is 1.00. The highest BCUT2D eigenvalue weighted by Crippen LogP contribution is 2.55. The van der Waals surface area contributed by atoms with Gasteiger partial charge in [-0.3, -0.25) is 0 Å². The molecule has 0 saturated carbocycles. The Morgan fingerprint density at radius 2 is 0.944 bits per heavy atom. The molecular formula is C8H12ClF6O2P. The summed E-state index contributed by atoms with van der Waals surface area (Å²) >= 11 is 5.28. The molecule has 0 aliphatic carbocycles. The fourth-order valence-electron chi connectivity index (χ4n) is 0.481. The molecule has 10 heteroatoms. The molecule has 0 amide bonds. The maximum absolute atomic E-state index is 12.4. The number of hydrogen-bond acceptors (Lipinski definition) is 2. The molecule has 0 saturated heterocycles. The van der Waals surface area contributed by atoms with Crippen molar-refractivity contribution >= 4 is 19.0 Å². The topological polar surface area (TPSA) is 18.5 Å². The van der Waals surface area contributed by atoms with Gasteiger partial charge in [-0.25, -0.2) is 0 Å². The summed E-state index contributed by atoms with van der Waals surface area (Å²) in [4.78, 5) is 0. The van der Waals surface area contributed by atoms with E-state index in [0.29, 0.717) is 27.7 Å². The van der Waals surface area contributed by atoms with Gasteiger partial charge in [0.05, 0.1) is 0 Å². The van der Waals surface area contributed by atoms with Gasteiger partial charge in [0.25, 0.3) is 7.73 Å². The van der Waals surface area contributed by atoms with Gasteiger partial charge >= 0.3 is 12.4 Å². The molecule has 0 aromatic rings. The normalized spacial score (nSPS) is 15.3. The van der Waals surface area contributed by atoms with Gasteiger partial charge in [0.1, 0.15) is 0 Å². The molecule has 0 heterocycles. The van der Waals surface area contributed by atoms with Crippen molar-refractivity contribution < 1.29 is 35.4 Å². The van der Waals surface area contributed by atoms with Crippen LogP contribution in [0.4, 0.5) is 26.3 Å². The third-order valence-electron chi connectivity index (χ3n) is 1.97. The van der Waals surface area contributed by atoms with Crippen LogP contribution in [0, 0.1) is 0 Å². The molecule has 110 valence electrons. The molecule has 0 radical (unpaired) electrons. The Morgan fingerprint density at radius 1 is 0.722 bits per heavy atom. The van der Waals surface area contributed by atoms with E-state index >= 15 is 0 Å². The minimum absolute atomic E-state index is 0.647. The van der Waals surface area contributed by atoms with Crippen molar-refractivity contribution in [3.63, 3.8) is 0 Å². The predicted molar refractivity (Wildman–Crippen MR) is 55.2 cm³/mol. The number of alkyl halides is 6. The second-order valence-corrected chi connectivity index (χ2v) is 6.03. The second kappa shape index (κ2) is 5.31. The van der Waals surface area contributed by atoms with Crippen molar-refractivity contribution in [2.45, 2.75) is 51.2 Å². The van der Waals surface area contributed by atoms with Crippen LogP contribution in [0.1, 0.15) is 27.7 Å². The Labute approximate surface area is 106 Å². The Kier molecular flexibility index (Phi) is 5.37. The van der Waals surface area contributed by atoms with Gasteiger partial charge in [-0.2, -0.15) is 26.3 Å². The third-order valence-corrected chi connectivity index (χ3v) is 3.58. The summed E-state index contributed by atoms with van der Waals surface area (Å²) in [5.41, 5.74) is -5.38. The lowest BCUT2D eigenvalue weighted by atomic mass is 10.1. The van der Waals surface area contributed by atoms with Crippen molar-refractivity contribution in [2.75, 3.05) is 0 Å². The average molecular weight is 321 g/mol. The van der Waals surface area contributed by atoms with Crippen LogP contribution >= 0.6 is 19.0 Å². The highest BCUT2D eigenvalue weighted by molar-refractivity contribution is 7.76. The van der Waals surface area contributed by atoms with Crippen LogP contribution < -0.4 is 0 Å². The molecule has 0 aliphatic heterocycles. The molecule has 0 unspecified atom stereocenters. The average Bonchev–Trinajstić information content (AvgIpc) is 1.95. The summed E-state index contributed by atoms with van der Waals surface area (Å²) in [5, 5.41) is 0. The van der Waals surface area contributed by atoms with Crippen LogP contribution in [-0.4, -0.2) is 23.6 Å². The van der Waals surface area contributed by atoms with E-state index in [0.717, 1.165) is 0 Å². The van der Waals surface area contributed by atoms with E-state index in [4.69, 9.17) is 11.2 Å². The fourth-order valence-corrected chi connectivity index (χ4v) is 2.48. The minimum Gasteiger partial charge on any atom is -0.306 e. The van der Waals surface area contributed by atoms with E-state index in [1.54, 1.807) is 0 Å². The van der Waals surface area contributed by atoms with Crippen LogP contribution in [0.15, 0.2) is 0 Å².